The Hall–Kier alpha value is -0.530. The quantitative estimate of drug-likeness (QED) is 0.637. The van der Waals surface area contributed by atoms with Gasteiger partial charge in [-0.2, -0.15) is 0 Å². The number of hydrogen-bond acceptors (Lipinski definition) is 2. The summed E-state index contributed by atoms with van der Waals surface area (Å²) in [6.45, 7) is 6.47. The van der Waals surface area contributed by atoms with Gasteiger partial charge in [-0.15, -0.1) is 0 Å². The topological polar surface area (TPSA) is 26.3 Å². The fourth-order valence-corrected chi connectivity index (χ4v) is 2.71. The molecule has 0 aromatic heterocycles. The van der Waals surface area contributed by atoms with E-state index >= 15 is 0 Å². The Balaban J connectivity index is 2.96. The van der Waals surface area contributed by atoms with Gasteiger partial charge in [-0.3, -0.25) is 4.79 Å². The van der Waals surface area contributed by atoms with E-state index in [0.717, 1.165) is 25.7 Å². The summed E-state index contributed by atoms with van der Waals surface area (Å²) in [5.41, 5.74) is -0.146. The summed E-state index contributed by atoms with van der Waals surface area (Å²) in [6.07, 6.45) is 5.58. The van der Waals surface area contributed by atoms with Crippen LogP contribution < -0.4 is 0 Å². The van der Waals surface area contributed by atoms with Gasteiger partial charge in [0.1, 0.15) is 0 Å². The van der Waals surface area contributed by atoms with E-state index < -0.39 is 0 Å². The van der Waals surface area contributed by atoms with Crippen molar-refractivity contribution in [2.24, 2.45) is 10.8 Å². The lowest BCUT2D eigenvalue weighted by Crippen LogP contribution is -2.46. The first-order valence-corrected chi connectivity index (χ1v) is 5.58. The predicted octanol–water partition coefficient (Wildman–Crippen LogP) is 3.16. The van der Waals surface area contributed by atoms with Crippen molar-refractivity contribution in [3.8, 4) is 0 Å². The second-order valence-electron chi connectivity index (χ2n) is 4.95. The van der Waals surface area contributed by atoms with Crippen LogP contribution in [-0.4, -0.2) is 13.1 Å². The Kier molecular flexibility index (Phi) is 3.23. The number of methoxy groups -OCH3 is 1. The predicted molar refractivity (Wildman–Crippen MR) is 57.0 cm³/mol. The molecular weight excluding hydrogens is 176 g/mol. The minimum atomic E-state index is -0.269. The van der Waals surface area contributed by atoms with Crippen molar-refractivity contribution >= 4 is 5.97 Å². The van der Waals surface area contributed by atoms with Crippen LogP contribution in [0.5, 0.6) is 0 Å². The van der Waals surface area contributed by atoms with E-state index in [1.807, 2.05) is 0 Å². The molecule has 0 aromatic rings. The molecule has 0 aliphatic heterocycles. The van der Waals surface area contributed by atoms with Crippen molar-refractivity contribution in [1.29, 1.82) is 0 Å². The fourth-order valence-electron chi connectivity index (χ4n) is 2.71. The molecule has 2 nitrogen and oxygen atoms in total. The summed E-state index contributed by atoms with van der Waals surface area (Å²) < 4.78 is 4.95. The van der Waals surface area contributed by atoms with Gasteiger partial charge in [0.05, 0.1) is 12.5 Å². The highest BCUT2D eigenvalue weighted by atomic mass is 16.5. The van der Waals surface area contributed by atoms with Crippen molar-refractivity contribution in [3.05, 3.63) is 0 Å². The molecule has 0 heterocycles. The molecule has 0 aromatic carbocycles. The van der Waals surface area contributed by atoms with Crippen LogP contribution in [0, 0.1) is 10.8 Å². The van der Waals surface area contributed by atoms with Crippen molar-refractivity contribution in [3.63, 3.8) is 0 Å². The van der Waals surface area contributed by atoms with Crippen LogP contribution in [0.2, 0.25) is 0 Å². The third-order valence-electron chi connectivity index (χ3n) is 4.40. The molecule has 2 atom stereocenters. The highest BCUT2D eigenvalue weighted by Gasteiger charge is 2.50. The normalized spacial score (nSPS) is 38.0. The van der Waals surface area contributed by atoms with Crippen molar-refractivity contribution in [1.82, 2.24) is 0 Å². The third-order valence-corrected chi connectivity index (χ3v) is 4.40. The molecule has 0 radical (unpaired) electrons. The lowest BCUT2D eigenvalue weighted by atomic mass is 9.56. The van der Waals surface area contributed by atoms with Crippen molar-refractivity contribution in [2.75, 3.05) is 7.11 Å². The molecule has 1 aliphatic rings. The van der Waals surface area contributed by atoms with E-state index in [-0.39, 0.29) is 16.8 Å². The Morgan fingerprint density at radius 3 is 2.36 bits per heavy atom. The minimum Gasteiger partial charge on any atom is -0.469 e. The van der Waals surface area contributed by atoms with Gasteiger partial charge in [-0.25, -0.2) is 0 Å². The molecule has 0 N–H and O–H groups in total. The molecule has 0 amide bonds. The number of carbonyl (C=O) groups excluding carboxylic acids is 1. The standard InChI is InChI=1S/C12H22O2/c1-5-11(2)8-6-7-9-12(11,3)10(13)14-4/h5-9H2,1-4H3. The second kappa shape index (κ2) is 3.92. The largest absolute Gasteiger partial charge is 0.469 e. The summed E-state index contributed by atoms with van der Waals surface area (Å²) in [5.74, 6) is -0.0263. The average Bonchev–Trinajstić information content (AvgIpc) is 2.21. The summed E-state index contributed by atoms with van der Waals surface area (Å²) in [6, 6.07) is 0. The third kappa shape index (κ3) is 1.55. The number of hydrogen-bond donors (Lipinski definition) is 0. The Morgan fingerprint density at radius 2 is 1.86 bits per heavy atom. The first-order chi connectivity index (χ1) is 6.50. The van der Waals surface area contributed by atoms with Crippen molar-refractivity contribution < 1.29 is 9.53 Å². The maximum Gasteiger partial charge on any atom is 0.312 e. The van der Waals surface area contributed by atoms with Crippen LogP contribution in [0.1, 0.15) is 52.9 Å². The summed E-state index contributed by atoms with van der Waals surface area (Å²) in [4.78, 5) is 11.8. The van der Waals surface area contributed by atoms with E-state index in [2.05, 4.69) is 20.8 Å². The number of carbonyl (C=O) groups is 1. The highest BCUT2D eigenvalue weighted by molar-refractivity contribution is 5.77. The van der Waals surface area contributed by atoms with Gasteiger partial charge in [0.15, 0.2) is 0 Å². The highest BCUT2D eigenvalue weighted by Crippen LogP contribution is 2.52. The van der Waals surface area contributed by atoms with Gasteiger partial charge >= 0.3 is 5.97 Å². The molecule has 0 bridgehead atoms. The summed E-state index contributed by atoms with van der Waals surface area (Å²) >= 11 is 0. The Morgan fingerprint density at radius 1 is 1.29 bits per heavy atom. The molecule has 1 rings (SSSR count). The van der Waals surface area contributed by atoms with Crippen LogP contribution in [0.25, 0.3) is 0 Å². The maximum atomic E-state index is 11.8. The van der Waals surface area contributed by atoms with E-state index in [1.54, 1.807) is 0 Å². The first kappa shape index (κ1) is 11.5. The first-order valence-electron chi connectivity index (χ1n) is 5.58. The van der Waals surface area contributed by atoms with Gasteiger partial charge in [0.2, 0.25) is 0 Å². The second-order valence-corrected chi connectivity index (χ2v) is 4.95. The smallest absolute Gasteiger partial charge is 0.312 e. The molecule has 1 saturated carbocycles. The monoisotopic (exact) mass is 198 g/mol. The minimum absolute atomic E-state index is 0.0263. The Labute approximate surface area is 87.0 Å². The van der Waals surface area contributed by atoms with Crippen LogP contribution in [0.3, 0.4) is 0 Å². The molecule has 14 heavy (non-hydrogen) atoms. The van der Waals surface area contributed by atoms with Gasteiger partial charge in [-0.1, -0.05) is 26.7 Å². The zero-order valence-corrected chi connectivity index (χ0v) is 9.85. The van der Waals surface area contributed by atoms with E-state index in [4.69, 9.17) is 4.74 Å². The molecule has 1 fully saturated rings. The number of esters is 1. The van der Waals surface area contributed by atoms with E-state index in [1.165, 1.54) is 13.5 Å². The molecule has 1 aliphatic carbocycles. The number of rotatable bonds is 2. The molecule has 2 heteroatoms. The fraction of sp³-hybridized carbons (Fsp3) is 0.917. The van der Waals surface area contributed by atoms with Gasteiger partial charge in [0.25, 0.3) is 0 Å². The van der Waals surface area contributed by atoms with Crippen LogP contribution in [0.4, 0.5) is 0 Å². The Bertz CT molecular complexity index is 224. The zero-order valence-electron chi connectivity index (χ0n) is 9.85. The molecule has 2 unspecified atom stereocenters. The molecule has 0 spiro atoms. The van der Waals surface area contributed by atoms with E-state index in [0.29, 0.717) is 0 Å². The summed E-state index contributed by atoms with van der Waals surface area (Å²) in [5, 5.41) is 0. The van der Waals surface area contributed by atoms with Gasteiger partial charge < -0.3 is 4.74 Å². The SMILES string of the molecule is CCC1(C)CCCCC1(C)C(=O)OC. The van der Waals surface area contributed by atoms with Crippen LogP contribution >= 0.6 is 0 Å². The van der Waals surface area contributed by atoms with E-state index in [9.17, 15) is 4.79 Å². The molecule has 82 valence electrons. The lowest BCUT2D eigenvalue weighted by molar-refractivity contribution is -0.164. The van der Waals surface area contributed by atoms with Gasteiger partial charge in [0, 0.05) is 0 Å². The van der Waals surface area contributed by atoms with Crippen LogP contribution in [0.15, 0.2) is 0 Å². The average molecular weight is 198 g/mol. The zero-order chi connectivity index (χ0) is 10.8. The molecular formula is C12H22O2. The van der Waals surface area contributed by atoms with Gasteiger partial charge in [-0.05, 0) is 31.6 Å². The van der Waals surface area contributed by atoms with Crippen molar-refractivity contribution in [2.45, 2.75) is 52.9 Å². The molecule has 0 saturated heterocycles. The number of ether oxygens (including phenoxy) is 1. The summed E-state index contributed by atoms with van der Waals surface area (Å²) in [7, 11) is 1.50. The van der Waals surface area contributed by atoms with Crippen LogP contribution in [-0.2, 0) is 9.53 Å². The maximum absolute atomic E-state index is 11.8. The lowest BCUT2D eigenvalue weighted by Gasteiger charge is -2.47.